The van der Waals surface area contributed by atoms with Crippen molar-refractivity contribution in [3.8, 4) is 11.3 Å². The van der Waals surface area contributed by atoms with Crippen molar-refractivity contribution >= 4 is 11.7 Å². The lowest BCUT2D eigenvalue weighted by Gasteiger charge is -2.35. The van der Waals surface area contributed by atoms with Gasteiger partial charge in [0.1, 0.15) is 5.82 Å². The SMILES string of the molecule is CCCCC(=O)N1CCN(c2ccc(-c3ccc(F)cc3)nn2)CC1. The third-order valence-electron chi connectivity index (χ3n) is 4.49. The number of anilines is 1. The molecule has 6 heteroatoms. The summed E-state index contributed by atoms with van der Waals surface area (Å²) in [6.45, 7) is 5.08. The lowest BCUT2D eigenvalue weighted by molar-refractivity contribution is -0.131. The van der Waals surface area contributed by atoms with Crippen LogP contribution >= 0.6 is 0 Å². The smallest absolute Gasteiger partial charge is 0.222 e. The molecule has 1 aliphatic rings. The van der Waals surface area contributed by atoms with Gasteiger partial charge >= 0.3 is 0 Å². The standard InChI is InChI=1S/C19H23FN4O/c1-2-3-4-19(25)24-13-11-23(12-14-24)18-10-9-17(21-22-18)15-5-7-16(20)8-6-15/h5-10H,2-4,11-14H2,1H3. The van der Waals surface area contributed by atoms with E-state index in [1.54, 1.807) is 12.1 Å². The minimum Gasteiger partial charge on any atom is -0.352 e. The van der Waals surface area contributed by atoms with Crippen LogP contribution in [0.5, 0.6) is 0 Å². The summed E-state index contributed by atoms with van der Waals surface area (Å²) in [6, 6.07) is 10.0. The lowest BCUT2D eigenvalue weighted by atomic mass is 10.1. The largest absolute Gasteiger partial charge is 0.352 e. The number of unbranched alkanes of at least 4 members (excludes halogenated alkanes) is 1. The first-order valence-electron chi connectivity index (χ1n) is 8.80. The minimum atomic E-state index is -0.264. The molecule has 0 radical (unpaired) electrons. The summed E-state index contributed by atoms with van der Waals surface area (Å²) in [7, 11) is 0. The van der Waals surface area contributed by atoms with Crippen molar-refractivity contribution in [2.45, 2.75) is 26.2 Å². The van der Waals surface area contributed by atoms with Crippen LogP contribution in [0.1, 0.15) is 26.2 Å². The summed E-state index contributed by atoms with van der Waals surface area (Å²) in [6.07, 6.45) is 2.64. The average molecular weight is 342 g/mol. The van der Waals surface area contributed by atoms with Crippen LogP contribution < -0.4 is 4.90 Å². The average Bonchev–Trinajstić information content (AvgIpc) is 2.67. The van der Waals surface area contributed by atoms with E-state index in [4.69, 9.17) is 0 Å². The highest BCUT2D eigenvalue weighted by atomic mass is 19.1. The van der Waals surface area contributed by atoms with Crippen molar-refractivity contribution in [1.29, 1.82) is 0 Å². The second-order valence-corrected chi connectivity index (χ2v) is 6.26. The second kappa shape index (κ2) is 8.05. The maximum absolute atomic E-state index is 13.0. The van der Waals surface area contributed by atoms with Gasteiger partial charge in [0.05, 0.1) is 5.69 Å². The normalized spacial score (nSPS) is 14.6. The Morgan fingerprint density at radius 2 is 1.76 bits per heavy atom. The first kappa shape index (κ1) is 17.3. The van der Waals surface area contributed by atoms with Crippen LogP contribution in [0.4, 0.5) is 10.2 Å². The van der Waals surface area contributed by atoms with Gasteiger partial charge in [0, 0.05) is 38.2 Å². The third kappa shape index (κ3) is 4.32. The van der Waals surface area contributed by atoms with Gasteiger partial charge in [-0.25, -0.2) is 4.39 Å². The monoisotopic (exact) mass is 342 g/mol. The van der Waals surface area contributed by atoms with E-state index >= 15 is 0 Å². The van der Waals surface area contributed by atoms with Crippen molar-refractivity contribution in [3.63, 3.8) is 0 Å². The zero-order valence-corrected chi connectivity index (χ0v) is 14.5. The number of hydrogen-bond acceptors (Lipinski definition) is 4. The Bertz CT molecular complexity index is 694. The highest BCUT2D eigenvalue weighted by molar-refractivity contribution is 5.76. The van der Waals surface area contributed by atoms with Crippen molar-refractivity contribution in [2.75, 3.05) is 31.1 Å². The second-order valence-electron chi connectivity index (χ2n) is 6.26. The van der Waals surface area contributed by atoms with Crippen LogP contribution in [0.2, 0.25) is 0 Å². The molecule has 1 amide bonds. The molecule has 2 heterocycles. The molecule has 0 bridgehead atoms. The van der Waals surface area contributed by atoms with E-state index in [0.717, 1.165) is 56.1 Å². The van der Waals surface area contributed by atoms with E-state index in [1.165, 1.54) is 12.1 Å². The molecule has 132 valence electrons. The van der Waals surface area contributed by atoms with Gasteiger partial charge < -0.3 is 9.80 Å². The van der Waals surface area contributed by atoms with Crippen molar-refractivity contribution in [1.82, 2.24) is 15.1 Å². The van der Waals surface area contributed by atoms with Gasteiger partial charge in [-0.05, 0) is 42.8 Å². The molecule has 0 atom stereocenters. The number of benzene rings is 1. The highest BCUT2D eigenvalue weighted by Gasteiger charge is 2.21. The molecule has 1 fully saturated rings. The van der Waals surface area contributed by atoms with Gasteiger partial charge in [0.15, 0.2) is 5.82 Å². The van der Waals surface area contributed by atoms with Crippen molar-refractivity contribution < 1.29 is 9.18 Å². The predicted octanol–water partition coefficient (Wildman–Crippen LogP) is 3.12. The summed E-state index contributed by atoms with van der Waals surface area (Å²) >= 11 is 0. The first-order valence-corrected chi connectivity index (χ1v) is 8.80. The molecule has 0 aliphatic carbocycles. The Morgan fingerprint density at radius 3 is 2.36 bits per heavy atom. The molecule has 0 unspecified atom stereocenters. The predicted molar refractivity (Wildman–Crippen MR) is 95.7 cm³/mol. The molecule has 5 nitrogen and oxygen atoms in total. The number of carbonyl (C=O) groups is 1. The van der Waals surface area contributed by atoms with E-state index in [0.29, 0.717) is 6.42 Å². The molecule has 2 aromatic rings. The van der Waals surface area contributed by atoms with Gasteiger partial charge in [-0.2, -0.15) is 0 Å². The van der Waals surface area contributed by atoms with Gasteiger partial charge in [-0.3, -0.25) is 4.79 Å². The van der Waals surface area contributed by atoms with Gasteiger partial charge in [-0.1, -0.05) is 13.3 Å². The van der Waals surface area contributed by atoms with Crippen LogP contribution in [-0.2, 0) is 4.79 Å². The Morgan fingerprint density at radius 1 is 1.04 bits per heavy atom. The number of piperazine rings is 1. The zero-order chi connectivity index (χ0) is 17.6. The number of carbonyl (C=O) groups excluding carboxylic acids is 1. The molecular weight excluding hydrogens is 319 g/mol. The number of amides is 1. The number of halogens is 1. The molecule has 0 saturated carbocycles. The zero-order valence-electron chi connectivity index (χ0n) is 14.5. The fourth-order valence-electron chi connectivity index (χ4n) is 2.94. The number of rotatable bonds is 5. The Labute approximate surface area is 147 Å². The van der Waals surface area contributed by atoms with Crippen LogP contribution in [-0.4, -0.2) is 47.2 Å². The third-order valence-corrected chi connectivity index (χ3v) is 4.49. The van der Waals surface area contributed by atoms with Gasteiger partial charge in [-0.15, -0.1) is 10.2 Å². The molecule has 25 heavy (non-hydrogen) atoms. The van der Waals surface area contributed by atoms with Gasteiger partial charge in [0.2, 0.25) is 5.91 Å². The molecular formula is C19H23FN4O. The Balaban J connectivity index is 1.58. The minimum absolute atomic E-state index is 0.249. The molecule has 1 saturated heterocycles. The Kier molecular flexibility index (Phi) is 5.58. The van der Waals surface area contributed by atoms with Crippen LogP contribution in [0.25, 0.3) is 11.3 Å². The van der Waals surface area contributed by atoms with Crippen LogP contribution in [0.3, 0.4) is 0 Å². The molecule has 0 N–H and O–H groups in total. The maximum Gasteiger partial charge on any atom is 0.222 e. The topological polar surface area (TPSA) is 49.3 Å². The highest BCUT2D eigenvalue weighted by Crippen LogP contribution is 2.20. The molecule has 0 spiro atoms. The summed E-state index contributed by atoms with van der Waals surface area (Å²) in [5.74, 6) is 0.797. The van der Waals surface area contributed by atoms with E-state index in [2.05, 4.69) is 22.0 Å². The number of aromatic nitrogens is 2. The summed E-state index contributed by atoms with van der Waals surface area (Å²) < 4.78 is 13.0. The fraction of sp³-hybridized carbons (Fsp3) is 0.421. The molecule has 3 rings (SSSR count). The van der Waals surface area contributed by atoms with Crippen LogP contribution in [0, 0.1) is 5.82 Å². The van der Waals surface area contributed by atoms with Gasteiger partial charge in [0.25, 0.3) is 0 Å². The summed E-state index contributed by atoms with van der Waals surface area (Å²) in [4.78, 5) is 16.2. The molecule has 1 aromatic heterocycles. The quantitative estimate of drug-likeness (QED) is 0.838. The van der Waals surface area contributed by atoms with E-state index < -0.39 is 0 Å². The van der Waals surface area contributed by atoms with E-state index in [-0.39, 0.29) is 11.7 Å². The summed E-state index contributed by atoms with van der Waals surface area (Å²) in [5.41, 5.74) is 1.56. The van der Waals surface area contributed by atoms with Crippen LogP contribution in [0.15, 0.2) is 36.4 Å². The van der Waals surface area contributed by atoms with E-state index in [1.807, 2.05) is 17.0 Å². The molecule has 1 aromatic carbocycles. The lowest BCUT2D eigenvalue weighted by Crippen LogP contribution is -2.49. The van der Waals surface area contributed by atoms with E-state index in [9.17, 15) is 9.18 Å². The first-order chi connectivity index (χ1) is 12.2. The molecule has 1 aliphatic heterocycles. The number of hydrogen-bond donors (Lipinski definition) is 0. The Hall–Kier alpha value is -2.50. The fourth-order valence-corrected chi connectivity index (χ4v) is 2.94. The van der Waals surface area contributed by atoms with Crippen molar-refractivity contribution in [2.24, 2.45) is 0 Å². The maximum atomic E-state index is 13.0. The van der Waals surface area contributed by atoms with Crippen molar-refractivity contribution in [3.05, 3.63) is 42.2 Å². The summed E-state index contributed by atoms with van der Waals surface area (Å²) in [5, 5.41) is 8.55. The number of nitrogens with zero attached hydrogens (tertiary/aromatic N) is 4.